The van der Waals surface area contributed by atoms with E-state index < -0.39 is 0 Å². The second-order valence-corrected chi connectivity index (χ2v) is 5.36. The lowest BCUT2D eigenvalue weighted by Gasteiger charge is -2.13. The van der Waals surface area contributed by atoms with Crippen LogP contribution in [0.5, 0.6) is 0 Å². The molecule has 0 saturated carbocycles. The molecule has 0 N–H and O–H groups in total. The number of hydrogen-bond acceptors (Lipinski definition) is 3. The fourth-order valence-electron chi connectivity index (χ4n) is 1.67. The molecule has 14 heavy (non-hydrogen) atoms. The maximum atomic E-state index is 11.0. The van der Waals surface area contributed by atoms with Gasteiger partial charge in [-0.2, -0.15) is 0 Å². The standard InChI is InChI=1S/C10H10BrNOS/c1-6-7(11)3-4-9-10(6)8(5-13)12(2)14-9/h3-5,8H,1-2H3. The molecule has 1 atom stereocenters. The molecular weight excluding hydrogens is 262 g/mol. The van der Waals surface area contributed by atoms with Gasteiger partial charge in [-0.1, -0.05) is 15.9 Å². The Morgan fingerprint density at radius 1 is 1.57 bits per heavy atom. The number of rotatable bonds is 1. The van der Waals surface area contributed by atoms with Crippen LogP contribution < -0.4 is 0 Å². The molecule has 1 heterocycles. The van der Waals surface area contributed by atoms with Gasteiger partial charge in [0, 0.05) is 9.37 Å². The quantitative estimate of drug-likeness (QED) is 0.579. The molecular formula is C10H10BrNOS. The number of nitrogens with zero attached hydrogens (tertiary/aromatic N) is 1. The van der Waals surface area contributed by atoms with Crippen molar-refractivity contribution in [3.8, 4) is 0 Å². The molecule has 0 spiro atoms. The summed E-state index contributed by atoms with van der Waals surface area (Å²) in [5.41, 5.74) is 2.30. The lowest BCUT2D eigenvalue weighted by molar-refractivity contribution is -0.110. The molecule has 0 aromatic heterocycles. The third kappa shape index (κ3) is 1.42. The van der Waals surface area contributed by atoms with E-state index in [1.54, 1.807) is 11.9 Å². The fraction of sp³-hybridized carbons (Fsp3) is 0.300. The van der Waals surface area contributed by atoms with Gasteiger partial charge < -0.3 is 4.79 Å². The number of halogens is 1. The number of hydrogen-bond donors (Lipinski definition) is 0. The van der Waals surface area contributed by atoms with E-state index in [9.17, 15) is 4.79 Å². The van der Waals surface area contributed by atoms with Crippen molar-refractivity contribution in [2.24, 2.45) is 0 Å². The topological polar surface area (TPSA) is 20.3 Å². The lowest BCUT2D eigenvalue weighted by atomic mass is 10.0. The third-order valence-corrected chi connectivity index (χ3v) is 4.39. The maximum absolute atomic E-state index is 11.0. The minimum Gasteiger partial charge on any atom is -0.301 e. The second kappa shape index (κ2) is 3.68. The number of carbonyl (C=O) groups excluding carboxylic acids is 1. The molecule has 2 rings (SSSR count). The Morgan fingerprint density at radius 2 is 2.29 bits per heavy atom. The van der Waals surface area contributed by atoms with Crippen molar-refractivity contribution in [3.05, 3.63) is 27.7 Å². The molecule has 1 aliphatic rings. The minimum atomic E-state index is -0.104. The van der Waals surface area contributed by atoms with E-state index in [1.807, 2.05) is 24.3 Å². The highest BCUT2D eigenvalue weighted by Crippen LogP contribution is 2.44. The zero-order chi connectivity index (χ0) is 10.3. The zero-order valence-electron chi connectivity index (χ0n) is 7.95. The Hall–Kier alpha value is -0.320. The predicted molar refractivity (Wildman–Crippen MR) is 61.3 cm³/mol. The Morgan fingerprint density at radius 3 is 2.93 bits per heavy atom. The summed E-state index contributed by atoms with van der Waals surface area (Å²) in [7, 11) is 1.94. The van der Waals surface area contributed by atoms with Gasteiger partial charge in [0.15, 0.2) is 0 Å². The van der Waals surface area contributed by atoms with E-state index in [4.69, 9.17) is 0 Å². The number of carbonyl (C=O) groups is 1. The monoisotopic (exact) mass is 271 g/mol. The molecule has 0 radical (unpaired) electrons. The van der Waals surface area contributed by atoms with Gasteiger partial charge in [-0.05, 0) is 49.2 Å². The highest BCUT2D eigenvalue weighted by molar-refractivity contribution is 9.10. The fourth-order valence-corrected chi connectivity index (χ4v) is 3.10. The maximum Gasteiger partial charge on any atom is 0.142 e. The Balaban J connectivity index is 2.60. The zero-order valence-corrected chi connectivity index (χ0v) is 10.4. The van der Waals surface area contributed by atoms with Crippen molar-refractivity contribution in [2.75, 3.05) is 7.05 Å². The first-order chi connectivity index (χ1) is 6.65. The van der Waals surface area contributed by atoms with Crippen molar-refractivity contribution < 1.29 is 4.79 Å². The first-order valence-corrected chi connectivity index (χ1v) is 5.87. The van der Waals surface area contributed by atoms with Crippen LogP contribution in [0.3, 0.4) is 0 Å². The van der Waals surface area contributed by atoms with Gasteiger partial charge in [-0.25, -0.2) is 4.31 Å². The van der Waals surface area contributed by atoms with Gasteiger partial charge in [0.1, 0.15) is 12.3 Å². The second-order valence-electron chi connectivity index (χ2n) is 3.30. The van der Waals surface area contributed by atoms with Crippen LogP contribution in [0.4, 0.5) is 0 Å². The van der Waals surface area contributed by atoms with Gasteiger partial charge in [0.25, 0.3) is 0 Å². The SMILES string of the molecule is Cc1c(Br)ccc2c1C(C=O)N(C)S2. The summed E-state index contributed by atoms with van der Waals surface area (Å²) >= 11 is 5.11. The molecule has 0 bridgehead atoms. The summed E-state index contributed by atoms with van der Waals surface area (Å²) in [5.74, 6) is 0. The number of likely N-dealkylation sites (N-methyl/N-ethyl adjacent to an activating group) is 1. The van der Waals surface area contributed by atoms with Crippen LogP contribution in [0.25, 0.3) is 0 Å². The van der Waals surface area contributed by atoms with Crippen LogP contribution in [-0.2, 0) is 4.79 Å². The van der Waals surface area contributed by atoms with Crippen LogP contribution in [0, 0.1) is 6.92 Å². The molecule has 0 aliphatic carbocycles. The highest BCUT2D eigenvalue weighted by Gasteiger charge is 2.30. The summed E-state index contributed by atoms with van der Waals surface area (Å²) in [4.78, 5) is 12.2. The van der Waals surface area contributed by atoms with Gasteiger partial charge in [0.05, 0.1) is 0 Å². The van der Waals surface area contributed by atoms with E-state index in [1.165, 1.54) is 4.90 Å². The van der Waals surface area contributed by atoms with Gasteiger partial charge >= 0.3 is 0 Å². The normalized spacial score (nSPS) is 20.9. The molecule has 1 aliphatic heterocycles. The van der Waals surface area contributed by atoms with Crippen molar-refractivity contribution in [2.45, 2.75) is 17.9 Å². The van der Waals surface area contributed by atoms with Crippen molar-refractivity contribution in [1.29, 1.82) is 0 Å². The van der Waals surface area contributed by atoms with Crippen molar-refractivity contribution >= 4 is 34.2 Å². The summed E-state index contributed by atoms with van der Waals surface area (Å²) in [6.45, 7) is 2.04. The molecule has 4 heteroatoms. The number of aldehydes is 1. The Kier molecular flexibility index (Phi) is 2.68. The smallest absolute Gasteiger partial charge is 0.142 e. The average molecular weight is 272 g/mol. The first kappa shape index (κ1) is 10.2. The average Bonchev–Trinajstić information content (AvgIpc) is 2.48. The predicted octanol–water partition coefficient (Wildman–Crippen LogP) is 2.95. The largest absolute Gasteiger partial charge is 0.301 e. The van der Waals surface area contributed by atoms with E-state index >= 15 is 0 Å². The summed E-state index contributed by atoms with van der Waals surface area (Å²) in [6, 6.07) is 3.98. The lowest BCUT2D eigenvalue weighted by Crippen LogP contribution is -2.13. The molecule has 1 aromatic carbocycles. The van der Waals surface area contributed by atoms with Gasteiger partial charge in [-0.15, -0.1) is 0 Å². The van der Waals surface area contributed by atoms with Crippen LogP contribution >= 0.6 is 27.9 Å². The molecule has 1 unspecified atom stereocenters. The molecule has 0 fully saturated rings. The summed E-state index contributed by atoms with van der Waals surface area (Å²) in [5, 5.41) is 0. The van der Waals surface area contributed by atoms with E-state index in [-0.39, 0.29) is 6.04 Å². The highest BCUT2D eigenvalue weighted by atomic mass is 79.9. The van der Waals surface area contributed by atoms with Crippen LogP contribution in [0.1, 0.15) is 17.2 Å². The van der Waals surface area contributed by atoms with Crippen LogP contribution in [0.2, 0.25) is 0 Å². The number of benzene rings is 1. The van der Waals surface area contributed by atoms with Crippen molar-refractivity contribution in [3.63, 3.8) is 0 Å². The van der Waals surface area contributed by atoms with Gasteiger partial charge in [-0.3, -0.25) is 0 Å². The summed E-state index contributed by atoms with van der Waals surface area (Å²) in [6.07, 6.45) is 0.998. The number of fused-ring (bicyclic) bond motifs is 1. The van der Waals surface area contributed by atoms with E-state index in [2.05, 4.69) is 22.0 Å². The molecule has 1 aromatic rings. The Bertz CT molecular complexity index is 394. The van der Waals surface area contributed by atoms with Crippen LogP contribution in [-0.4, -0.2) is 17.6 Å². The van der Waals surface area contributed by atoms with E-state index in [0.29, 0.717) is 0 Å². The van der Waals surface area contributed by atoms with Gasteiger partial charge in [0.2, 0.25) is 0 Å². The molecule has 74 valence electrons. The van der Waals surface area contributed by atoms with Crippen LogP contribution in [0.15, 0.2) is 21.5 Å². The van der Waals surface area contributed by atoms with Crippen molar-refractivity contribution in [1.82, 2.24) is 4.31 Å². The molecule has 0 saturated heterocycles. The Labute approximate surface area is 95.9 Å². The minimum absolute atomic E-state index is 0.104. The first-order valence-electron chi connectivity index (χ1n) is 4.30. The summed E-state index contributed by atoms with van der Waals surface area (Å²) < 4.78 is 3.05. The third-order valence-electron chi connectivity index (χ3n) is 2.47. The molecule has 2 nitrogen and oxygen atoms in total. The molecule has 0 amide bonds. The van der Waals surface area contributed by atoms with E-state index in [0.717, 1.165) is 21.9 Å².